The molecule has 0 unspecified atom stereocenters. The van der Waals surface area contributed by atoms with E-state index in [2.05, 4.69) is 38.1 Å². The normalized spacial score (nSPS) is 8.13. The average molecular weight is 250 g/mol. The van der Waals surface area contributed by atoms with Crippen LogP contribution in [0.5, 0.6) is 0 Å². The molecule has 74 valence electrons. The van der Waals surface area contributed by atoms with Crippen molar-refractivity contribution in [1.82, 2.24) is 0 Å². The van der Waals surface area contributed by atoms with E-state index in [9.17, 15) is 0 Å². The molecule has 0 heterocycles. The van der Waals surface area contributed by atoms with Gasteiger partial charge in [-0.25, -0.2) is 0 Å². The van der Waals surface area contributed by atoms with Crippen LogP contribution in [-0.4, -0.2) is 0 Å². The van der Waals surface area contributed by atoms with Crippen molar-refractivity contribution in [3.05, 3.63) is 71.8 Å². The molecule has 0 spiro atoms. The summed E-state index contributed by atoms with van der Waals surface area (Å²) in [6.07, 6.45) is 0. The molecule has 1 heteroatoms. The fourth-order valence-electron chi connectivity index (χ4n) is 1.07. The number of aryl methyl sites for hydroxylation is 2. The van der Waals surface area contributed by atoms with Crippen molar-refractivity contribution in [2.24, 2.45) is 0 Å². The van der Waals surface area contributed by atoms with E-state index in [1.807, 2.05) is 36.4 Å². The zero-order chi connectivity index (χ0) is 10.2. The minimum atomic E-state index is 0. The van der Waals surface area contributed by atoms with Crippen molar-refractivity contribution in [2.45, 2.75) is 13.8 Å². The second kappa shape index (κ2) is 8.38. The Kier molecular flexibility index (Phi) is 7.86. The largest absolute Gasteiger partial charge is 0.0622 e. The summed E-state index contributed by atoms with van der Waals surface area (Å²) >= 11 is 0. The minimum Gasteiger partial charge on any atom is -0.0622 e. The van der Waals surface area contributed by atoms with Crippen LogP contribution >= 0.6 is 0 Å². The second-order valence-electron chi connectivity index (χ2n) is 3.31. The number of hydrogen-bond donors (Lipinski definition) is 0. The Morgan fingerprint density at radius 2 is 0.800 bits per heavy atom. The van der Waals surface area contributed by atoms with Gasteiger partial charge in [0.1, 0.15) is 0 Å². The third kappa shape index (κ3) is 7.05. The van der Waals surface area contributed by atoms with Crippen molar-refractivity contribution < 1.29 is 19.5 Å². The van der Waals surface area contributed by atoms with Crippen LogP contribution in [0.4, 0.5) is 0 Å². The summed E-state index contributed by atoms with van der Waals surface area (Å²) in [5.74, 6) is 0. The van der Waals surface area contributed by atoms with Crippen LogP contribution in [0.25, 0.3) is 0 Å². The standard InChI is InChI=1S/2C7H8.Zn/c2*1-7-5-3-2-4-6-7;/h2*2-6H,1H3;. The monoisotopic (exact) mass is 248 g/mol. The van der Waals surface area contributed by atoms with Crippen molar-refractivity contribution in [1.29, 1.82) is 0 Å². The molecule has 0 atom stereocenters. The molecule has 2 aromatic carbocycles. The van der Waals surface area contributed by atoms with Gasteiger partial charge in [0.15, 0.2) is 0 Å². The van der Waals surface area contributed by atoms with Gasteiger partial charge in [0, 0.05) is 19.5 Å². The molecule has 0 amide bonds. The molecule has 0 saturated heterocycles. The second-order valence-corrected chi connectivity index (χ2v) is 3.31. The molecule has 15 heavy (non-hydrogen) atoms. The SMILES string of the molecule is Cc1ccccc1.Cc1ccccc1.[Zn]. The van der Waals surface area contributed by atoms with Crippen LogP contribution in [0.15, 0.2) is 60.7 Å². The van der Waals surface area contributed by atoms with Gasteiger partial charge in [-0.2, -0.15) is 0 Å². The Hall–Kier alpha value is -0.937. The van der Waals surface area contributed by atoms with Gasteiger partial charge in [-0.3, -0.25) is 0 Å². The van der Waals surface area contributed by atoms with Crippen molar-refractivity contribution in [3.8, 4) is 0 Å². The first kappa shape index (κ1) is 14.1. The fourth-order valence-corrected chi connectivity index (χ4v) is 1.07. The summed E-state index contributed by atoms with van der Waals surface area (Å²) in [6.45, 7) is 4.17. The van der Waals surface area contributed by atoms with Crippen LogP contribution < -0.4 is 0 Å². The zero-order valence-corrected chi connectivity index (χ0v) is 12.4. The van der Waals surface area contributed by atoms with Gasteiger partial charge in [0.25, 0.3) is 0 Å². The molecule has 0 saturated carbocycles. The van der Waals surface area contributed by atoms with E-state index in [4.69, 9.17) is 0 Å². The van der Waals surface area contributed by atoms with E-state index < -0.39 is 0 Å². The molecule has 0 N–H and O–H groups in total. The van der Waals surface area contributed by atoms with E-state index in [-0.39, 0.29) is 19.5 Å². The molecular formula is C14H16Zn. The maximum absolute atomic E-state index is 2.08. The van der Waals surface area contributed by atoms with Gasteiger partial charge in [0.05, 0.1) is 0 Å². The minimum absolute atomic E-state index is 0. The quantitative estimate of drug-likeness (QED) is 0.620. The number of rotatable bonds is 0. The first-order valence-electron chi connectivity index (χ1n) is 4.82. The third-order valence-electron chi connectivity index (χ3n) is 1.88. The smallest absolute Gasteiger partial charge is 0 e. The Morgan fingerprint density at radius 3 is 0.933 bits per heavy atom. The van der Waals surface area contributed by atoms with Crippen LogP contribution in [0.3, 0.4) is 0 Å². The Morgan fingerprint density at radius 1 is 0.533 bits per heavy atom. The molecule has 2 aromatic rings. The van der Waals surface area contributed by atoms with Gasteiger partial charge in [-0.1, -0.05) is 71.8 Å². The Bertz CT molecular complexity index is 303. The first-order chi connectivity index (χ1) is 6.79. The molecule has 0 nitrogen and oxygen atoms in total. The Balaban J connectivity index is 0.000000245. The molecule has 0 fully saturated rings. The van der Waals surface area contributed by atoms with Gasteiger partial charge in [-0.05, 0) is 13.8 Å². The van der Waals surface area contributed by atoms with Gasteiger partial charge in [0.2, 0.25) is 0 Å². The van der Waals surface area contributed by atoms with Crippen LogP contribution in [-0.2, 0) is 19.5 Å². The van der Waals surface area contributed by atoms with Crippen LogP contribution in [0, 0.1) is 13.8 Å². The molecule has 0 bridgehead atoms. The molecule has 2 rings (SSSR count). The molecule has 0 aliphatic heterocycles. The van der Waals surface area contributed by atoms with Gasteiger partial charge >= 0.3 is 0 Å². The fraction of sp³-hybridized carbons (Fsp3) is 0.143. The topological polar surface area (TPSA) is 0 Å². The van der Waals surface area contributed by atoms with Gasteiger partial charge < -0.3 is 0 Å². The average Bonchev–Trinajstić information content (AvgIpc) is 2.21. The van der Waals surface area contributed by atoms with Crippen LogP contribution in [0.2, 0.25) is 0 Å². The van der Waals surface area contributed by atoms with Crippen LogP contribution in [0.1, 0.15) is 11.1 Å². The third-order valence-corrected chi connectivity index (χ3v) is 1.88. The zero-order valence-electron chi connectivity index (χ0n) is 9.48. The number of benzene rings is 2. The van der Waals surface area contributed by atoms with E-state index in [1.165, 1.54) is 11.1 Å². The molecule has 0 aliphatic carbocycles. The summed E-state index contributed by atoms with van der Waals surface area (Å²) in [7, 11) is 0. The molecule has 0 aliphatic rings. The van der Waals surface area contributed by atoms with E-state index >= 15 is 0 Å². The van der Waals surface area contributed by atoms with E-state index in [0.29, 0.717) is 0 Å². The molecular weight excluding hydrogens is 234 g/mol. The summed E-state index contributed by atoms with van der Waals surface area (Å²) in [5.41, 5.74) is 2.64. The van der Waals surface area contributed by atoms with Crippen molar-refractivity contribution in [2.75, 3.05) is 0 Å². The first-order valence-corrected chi connectivity index (χ1v) is 4.82. The van der Waals surface area contributed by atoms with E-state index in [1.54, 1.807) is 0 Å². The summed E-state index contributed by atoms with van der Waals surface area (Å²) in [4.78, 5) is 0. The summed E-state index contributed by atoms with van der Waals surface area (Å²) in [5, 5.41) is 0. The molecule has 0 radical (unpaired) electrons. The van der Waals surface area contributed by atoms with Crippen molar-refractivity contribution in [3.63, 3.8) is 0 Å². The maximum atomic E-state index is 2.08. The predicted molar refractivity (Wildman–Crippen MR) is 62.4 cm³/mol. The summed E-state index contributed by atoms with van der Waals surface area (Å²) in [6, 6.07) is 20.5. The van der Waals surface area contributed by atoms with E-state index in [0.717, 1.165) is 0 Å². The molecule has 0 aromatic heterocycles. The van der Waals surface area contributed by atoms with Gasteiger partial charge in [-0.15, -0.1) is 0 Å². The predicted octanol–water partition coefficient (Wildman–Crippen LogP) is 3.99. The number of hydrogen-bond acceptors (Lipinski definition) is 0. The Labute approximate surface area is 105 Å². The summed E-state index contributed by atoms with van der Waals surface area (Å²) < 4.78 is 0. The maximum Gasteiger partial charge on any atom is 0 e. The van der Waals surface area contributed by atoms with Crippen molar-refractivity contribution >= 4 is 0 Å².